The molecule has 34 heavy (non-hydrogen) atoms. The smallest absolute Gasteiger partial charge is 0.257 e. The molecule has 1 aliphatic heterocycles. The van der Waals surface area contributed by atoms with Gasteiger partial charge in [-0.25, -0.2) is 0 Å². The molecule has 0 radical (unpaired) electrons. The molecule has 6 nitrogen and oxygen atoms in total. The number of quaternary nitrogens is 1. The Labute approximate surface area is 199 Å². The van der Waals surface area contributed by atoms with Gasteiger partial charge in [0.25, 0.3) is 5.91 Å². The fraction of sp³-hybridized carbons (Fsp3) is 0.214. The predicted molar refractivity (Wildman–Crippen MR) is 133 cm³/mol. The van der Waals surface area contributed by atoms with Crippen LogP contribution in [0.5, 0.6) is 11.5 Å². The van der Waals surface area contributed by atoms with Crippen LogP contribution in [-0.4, -0.2) is 31.7 Å². The van der Waals surface area contributed by atoms with Gasteiger partial charge in [-0.05, 0) is 18.2 Å². The van der Waals surface area contributed by atoms with Crippen LogP contribution >= 0.6 is 0 Å². The standard InChI is InChI=1S/C28H27N3O3/c1-33-20-12-13-25(26(16-20)34-2)30-28(32)27-21-10-6-7-11-23(21)29-24-14-15-31(18-22(24)27)17-19-8-4-3-5-9-19/h3-13,16H,14-15,17-18H2,1-2H3,(H,30,32)/p+1. The topological polar surface area (TPSA) is 64.9 Å². The fourth-order valence-electron chi connectivity index (χ4n) is 4.71. The number of pyridine rings is 1. The van der Waals surface area contributed by atoms with E-state index < -0.39 is 0 Å². The van der Waals surface area contributed by atoms with Gasteiger partial charge in [-0.2, -0.15) is 0 Å². The molecule has 0 bridgehead atoms. The van der Waals surface area contributed by atoms with Crippen LogP contribution in [0.15, 0.2) is 72.8 Å². The highest BCUT2D eigenvalue weighted by Crippen LogP contribution is 2.31. The number of aromatic nitrogens is 1. The summed E-state index contributed by atoms with van der Waals surface area (Å²) in [7, 11) is 3.19. The SMILES string of the molecule is COc1ccc(NC(=O)c2c3c(nc4ccccc24)CC[NH+](Cc2ccccc2)C3)c(OC)c1. The lowest BCUT2D eigenvalue weighted by atomic mass is 9.94. The molecule has 1 amide bonds. The highest BCUT2D eigenvalue weighted by Gasteiger charge is 2.28. The summed E-state index contributed by atoms with van der Waals surface area (Å²) in [6.45, 7) is 2.66. The average molecular weight is 455 g/mol. The number of rotatable bonds is 6. The Hall–Kier alpha value is -3.90. The van der Waals surface area contributed by atoms with Gasteiger partial charge in [0, 0.05) is 29.0 Å². The van der Waals surface area contributed by atoms with Crippen molar-refractivity contribution < 1.29 is 19.2 Å². The van der Waals surface area contributed by atoms with Gasteiger partial charge in [0.1, 0.15) is 24.6 Å². The van der Waals surface area contributed by atoms with Gasteiger partial charge < -0.3 is 19.7 Å². The van der Waals surface area contributed by atoms with Gasteiger partial charge in [-0.1, -0.05) is 48.5 Å². The Morgan fingerprint density at radius 2 is 1.79 bits per heavy atom. The molecule has 5 rings (SSSR count). The zero-order valence-corrected chi connectivity index (χ0v) is 19.4. The number of hydrogen-bond donors (Lipinski definition) is 2. The van der Waals surface area contributed by atoms with Crippen molar-refractivity contribution in [2.75, 3.05) is 26.1 Å². The van der Waals surface area contributed by atoms with Crippen molar-refractivity contribution in [2.24, 2.45) is 0 Å². The second-order valence-corrected chi connectivity index (χ2v) is 8.54. The lowest BCUT2D eigenvalue weighted by Gasteiger charge is -2.27. The summed E-state index contributed by atoms with van der Waals surface area (Å²) in [6, 6.07) is 23.8. The van der Waals surface area contributed by atoms with E-state index in [4.69, 9.17) is 14.5 Å². The minimum Gasteiger partial charge on any atom is -0.497 e. The van der Waals surface area contributed by atoms with E-state index >= 15 is 0 Å². The summed E-state index contributed by atoms with van der Waals surface area (Å²) in [5.74, 6) is 1.07. The number of amides is 1. The number of hydrogen-bond acceptors (Lipinski definition) is 4. The third kappa shape index (κ3) is 4.32. The Balaban J connectivity index is 1.53. The number of ether oxygens (including phenoxy) is 2. The number of para-hydroxylation sites is 1. The van der Waals surface area contributed by atoms with Crippen LogP contribution in [0.25, 0.3) is 10.9 Å². The third-order valence-electron chi connectivity index (χ3n) is 6.40. The summed E-state index contributed by atoms with van der Waals surface area (Å²) in [6.07, 6.45) is 0.842. The molecule has 1 unspecified atom stereocenters. The van der Waals surface area contributed by atoms with Crippen LogP contribution in [-0.2, 0) is 19.5 Å². The van der Waals surface area contributed by atoms with E-state index in [1.807, 2.05) is 36.4 Å². The largest absolute Gasteiger partial charge is 0.497 e. The first-order valence-corrected chi connectivity index (χ1v) is 11.5. The molecule has 0 saturated heterocycles. The van der Waals surface area contributed by atoms with Crippen LogP contribution in [0, 0.1) is 0 Å². The van der Waals surface area contributed by atoms with Crippen molar-refractivity contribution in [1.29, 1.82) is 0 Å². The highest BCUT2D eigenvalue weighted by atomic mass is 16.5. The van der Waals surface area contributed by atoms with Crippen LogP contribution in [0.1, 0.15) is 27.2 Å². The molecule has 1 aromatic heterocycles. The Bertz CT molecular complexity index is 1340. The van der Waals surface area contributed by atoms with Gasteiger partial charge in [0.2, 0.25) is 0 Å². The monoisotopic (exact) mass is 454 g/mol. The van der Waals surface area contributed by atoms with Crippen LogP contribution < -0.4 is 19.7 Å². The summed E-state index contributed by atoms with van der Waals surface area (Å²) >= 11 is 0. The minimum atomic E-state index is -0.153. The molecule has 2 N–H and O–H groups in total. The first-order chi connectivity index (χ1) is 16.7. The fourth-order valence-corrected chi connectivity index (χ4v) is 4.71. The molecule has 0 spiro atoms. The normalized spacial score (nSPS) is 14.9. The zero-order chi connectivity index (χ0) is 23.5. The molecule has 6 heteroatoms. The number of methoxy groups -OCH3 is 2. The van der Waals surface area contributed by atoms with Crippen LogP contribution in [0.3, 0.4) is 0 Å². The number of benzene rings is 3. The Kier molecular flexibility index (Phi) is 6.14. The molecule has 0 fully saturated rings. The lowest BCUT2D eigenvalue weighted by molar-refractivity contribution is -0.929. The number of anilines is 1. The van der Waals surface area contributed by atoms with E-state index in [1.54, 1.807) is 26.4 Å². The van der Waals surface area contributed by atoms with Crippen molar-refractivity contribution >= 4 is 22.5 Å². The van der Waals surface area contributed by atoms with E-state index in [9.17, 15) is 4.79 Å². The maximum absolute atomic E-state index is 13.8. The zero-order valence-electron chi connectivity index (χ0n) is 19.4. The Morgan fingerprint density at radius 3 is 2.59 bits per heavy atom. The van der Waals surface area contributed by atoms with Crippen molar-refractivity contribution in [3.05, 3.63) is 95.2 Å². The van der Waals surface area contributed by atoms with Crippen LogP contribution in [0.2, 0.25) is 0 Å². The number of nitrogens with zero attached hydrogens (tertiary/aromatic N) is 1. The van der Waals surface area contributed by atoms with Crippen molar-refractivity contribution in [3.63, 3.8) is 0 Å². The van der Waals surface area contributed by atoms with Crippen molar-refractivity contribution in [2.45, 2.75) is 19.5 Å². The third-order valence-corrected chi connectivity index (χ3v) is 6.40. The summed E-state index contributed by atoms with van der Waals surface area (Å²) < 4.78 is 10.8. The molecule has 0 saturated carbocycles. The van der Waals surface area contributed by atoms with E-state index in [1.165, 1.54) is 10.5 Å². The maximum atomic E-state index is 13.8. The highest BCUT2D eigenvalue weighted by molar-refractivity contribution is 6.14. The predicted octanol–water partition coefficient (Wildman–Crippen LogP) is 3.65. The number of nitrogens with one attached hydrogen (secondary N) is 2. The quantitative estimate of drug-likeness (QED) is 0.467. The second kappa shape index (κ2) is 9.53. The molecule has 172 valence electrons. The molecule has 3 aromatic carbocycles. The van der Waals surface area contributed by atoms with Crippen molar-refractivity contribution in [3.8, 4) is 11.5 Å². The molecule has 4 aromatic rings. The first-order valence-electron chi connectivity index (χ1n) is 11.5. The summed E-state index contributed by atoms with van der Waals surface area (Å²) in [5.41, 5.74) is 5.49. The van der Waals surface area contributed by atoms with Gasteiger partial charge in [0.05, 0.1) is 43.2 Å². The molecule has 0 aliphatic carbocycles. The Morgan fingerprint density at radius 1 is 1.00 bits per heavy atom. The summed E-state index contributed by atoms with van der Waals surface area (Å²) in [4.78, 5) is 20.1. The lowest BCUT2D eigenvalue weighted by Crippen LogP contribution is -3.10. The van der Waals surface area contributed by atoms with Crippen molar-refractivity contribution in [1.82, 2.24) is 4.98 Å². The van der Waals surface area contributed by atoms with E-state index in [0.29, 0.717) is 22.7 Å². The number of carbonyl (C=O) groups excluding carboxylic acids is 1. The molecule has 2 heterocycles. The molecule has 1 aliphatic rings. The van der Waals surface area contributed by atoms with Crippen LogP contribution in [0.4, 0.5) is 5.69 Å². The second-order valence-electron chi connectivity index (χ2n) is 8.54. The van der Waals surface area contributed by atoms with Gasteiger partial charge >= 0.3 is 0 Å². The van der Waals surface area contributed by atoms with E-state index in [-0.39, 0.29) is 5.91 Å². The molecular weight excluding hydrogens is 426 g/mol. The number of fused-ring (bicyclic) bond motifs is 2. The van der Waals surface area contributed by atoms with E-state index in [0.717, 1.165) is 48.2 Å². The molecule has 1 atom stereocenters. The number of carbonyl (C=O) groups is 1. The summed E-state index contributed by atoms with van der Waals surface area (Å²) in [5, 5.41) is 3.95. The molecular formula is C28H28N3O3+. The minimum absolute atomic E-state index is 0.153. The van der Waals surface area contributed by atoms with Gasteiger partial charge in [-0.15, -0.1) is 0 Å². The van der Waals surface area contributed by atoms with Gasteiger partial charge in [0.15, 0.2) is 0 Å². The van der Waals surface area contributed by atoms with Gasteiger partial charge in [-0.3, -0.25) is 9.78 Å². The average Bonchev–Trinajstić information content (AvgIpc) is 2.88. The first kappa shape index (κ1) is 21.9. The van der Waals surface area contributed by atoms with E-state index in [2.05, 4.69) is 29.6 Å². The maximum Gasteiger partial charge on any atom is 0.257 e.